The van der Waals surface area contributed by atoms with Crippen LogP contribution in [0.2, 0.25) is 0 Å². The van der Waals surface area contributed by atoms with Crippen LogP contribution >= 0.6 is 0 Å². The van der Waals surface area contributed by atoms with E-state index in [4.69, 9.17) is 9.52 Å². The lowest BCUT2D eigenvalue weighted by Gasteiger charge is -2.05. The van der Waals surface area contributed by atoms with E-state index in [1.54, 1.807) is 13.8 Å². The Bertz CT molecular complexity index is 835. The van der Waals surface area contributed by atoms with E-state index < -0.39 is 10.9 Å². The number of aryl methyl sites for hydroxylation is 3. The molecule has 0 unspecified atom stereocenters. The molecule has 0 saturated heterocycles. The number of aromatic carboxylic acids is 1. The minimum Gasteiger partial charge on any atom is -0.478 e. The summed E-state index contributed by atoms with van der Waals surface area (Å²) in [6, 6.07) is 1.36. The Morgan fingerprint density at radius 3 is 2.60 bits per heavy atom. The average molecular weight is 350 g/mol. The zero-order valence-corrected chi connectivity index (χ0v) is 14.0. The number of aromatic nitrogens is 2. The van der Waals surface area contributed by atoms with Crippen LogP contribution in [0.5, 0.6) is 0 Å². The summed E-state index contributed by atoms with van der Waals surface area (Å²) in [5, 5.41) is 26.6. The Morgan fingerprint density at radius 1 is 1.40 bits per heavy atom. The Morgan fingerprint density at radius 2 is 2.08 bits per heavy atom. The molecule has 1 amide bonds. The molecule has 134 valence electrons. The van der Waals surface area contributed by atoms with Crippen molar-refractivity contribution >= 4 is 17.6 Å². The van der Waals surface area contributed by atoms with Crippen LogP contribution in [0.1, 0.15) is 39.7 Å². The fourth-order valence-corrected chi connectivity index (χ4v) is 2.49. The smallest absolute Gasteiger partial charge is 0.339 e. The fraction of sp³-hybridized carbons (Fsp3) is 0.400. The van der Waals surface area contributed by atoms with Gasteiger partial charge in [-0.2, -0.15) is 5.10 Å². The van der Waals surface area contributed by atoms with Crippen LogP contribution in [0.3, 0.4) is 0 Å². The minimum atomic E-state index is -1.09. The highest BCUT2D eigenvalue weighted by Gasteiger charge is 2.22. The lowest BCUT2D eigenvalue weighted by atomic mass is 10.2. The van der Waals surface area contributed by atoms with Crippen molar-refractivity contribution in [2.45, 2.75) is 40.3 Å². The molecule has 0 aromatic carbocycles. The number of carboxylic acid groups (broad SMARTS) is 1. The summed E-state index contributed by atoms with van der Waals surface area (Å²) in [5.74, 6) is -0.789. The van der Waals surface area contributed by atoms with Crippen molar-refractivity contribution in [1.29, 1.82) is 0 Å². The minimum absolute atomic E-state index is 0.0485. The van der Waals surface area contributed by atoms with E-state index in [9.17, 15) is 19.7 Å². The molecule has 0 bridgehead atoms. The van der Waals surface area contributed by atoms with E-state index in [1.807, 2.05) is 0 Å². The summed E-state index contributed by atoms with van der Waals surface area (Å²) in [4.78, 5) is 33.3. The number of hydrogen-bond acceptors (Lipinski definition) is 6. The van der Waals surface area contributed by atoms with E-state index in [1.165, 1.54) is 17.7 Å². The zero-order valence-electron chi connectivity index (χ0n) is 14.0. The summed E-state index contributed by atoms with van der Waals surface area (Å²) < 4.78 is 6.69. The molecule has 10 nitrogen and oxygen atoms in total. The molecule has 2 aromatic rings. The third kappa shape index (κ3) is 4.03. The highest BCUT2D eigenvalue weighted by molar-refractivity contribution is 5.88. The second-order valence-corrected chi connectivity index (χ2v) is 5.51. The van der Waals surface area contributed by atoms with E-state index in [2.05, 4.69) is 10.4 Å². The molecule has 0 atom stereocenters. The number of carbonyl (C=O) groups is 2. The van der Waals surface area contributed by atoms with Gasteiger partial charge in [0.15, 0.2) is 0 Å². The summed E-state index contributed by atoms with van der Waals surface area (Å²) in [5.41, 5.74) is 0.699. The second-order valence-electron chi connectivity index (χ2n) is 5.51. The molecule has 2 rings (SSSR count). The molecule has 2 aromatic heterocycles. The number of amides is 1. The largest absolute Gasteiger partial charge is 0.478 e. The Balaban J connectivity index is 1.91. The first-order valence-electron chi connectivity index (χ1n) is 7.48. The number of rotatable bonds is 7. The van der Waals surface area contributed by atoms with Gasteiger partial charge in [0, 0.05) is 6.42 Å². The van der Waals surface area contributed by atoms with E-state index in [0.717, 1.165) is 0 Å². The van der Waals surface area contributed by atoms with Crippen molar-refractivity contribution in [1.82, 2.24) is 15.1 Å². The molecule has 10 heteroatoms. The van der Waals surface area contributed by atoms with Gasteiger partial charge in [-0.3, -0.25) is 19.6 Å². The van der Waals surface area contributed by atoms with Gasteiger partial charge >= 0.3 is 11.7 Å². The van der Waals surface area contributed by atoms with Gasteiger partial charge in [-0.1, -0.05) is 0 Å². The second kappa shape index (κ2) is 7.16. The summed E-state index contributed by atoms with van der Waals surface area (Å²) in [7, 11) is 0. The fourth-order valence-electron chi connectivity index (χ4n) is 2.49. The number of carbonyl (C=O) groups excluding carboxylic acids is 1. The number of furan rings is 1. The van der Waals surface area contributed by atoms with E-state index in [0.29, 0.717) is 17.1 Å². The van der Waals surface area contributed by atoms with Crippen LogP contribution in [0, 0.1) is 30.9 Å². The van der Waals surface area contributed by atoms with Gasteiger partial charge < -0.3 is 14.8 Å². The molecule has 2 N–H and O–H groups in total. The van der Waals surface area contributed by atoms with E-state index >= 15 is 0 Å². The molecule has 0 aliphatic carbocycles. The van der Waals surface area contributed by atoms with Gasteiger partial charge in [-0.15, -0.1) is 0 Å². The van der Waals surface area contributed by atoms with Crippen LogP contribution in [-0.2, 0) is 17.9 Å². The summed E-state index contributed by atoms with van der Waals surface area (Å²) in [6.45, 7) is 4.91. The summed E-state index contributed by atoms with van der Waals surface area (Å²) >= 11 is 0. The molecule has 2 heterocycles. The van der Waals surface area contributed by atoms with Crippen molar-refractivity contribution in [2.24, 2.45) is 0 Å². The average Bonchev–Trinajstić information content (AvgIpc) is 3.02. The maximum atomic E-state index is 11.9. The van der Waals surface area contributed by atoms with Crippen molar-refractivity contribution in [2.75, 3.05) is 0 Å². The lowest BCUT2D eigenvalue weighted by Crippen LogP contribution is -2.24. The van der Waals surface area contributed by atoms with Crippen molar-refractivity contribution in [3.8, 4) is 0 Å². The predicted molar refractivity (Wildman–Crippen MR) is 85.2 cm³/mol. The maximum Gasteiger partial charge on any atom is 0.339 e. The lowest BCUT2D eigenvalue weighted by molar-refractivity contribution is -0.386. The maximum absolute atomic E-state index is 11.9. The van der Waals surface area contributed by atoms with Crippen molar-refractivity contribution < 1.29 is 24.0 Å². The monoisotopic (exact) mass is 350 g/mol. The molecule has 0 radical (unpaired) electrons. The SMILES string of the molecule is Cc1nn(CCC(=O)NCc2cc(C(=O)O)c(C)o2)c(C)c1[N+](=O)[O-]. The van der Waals surface area contributed by atoms with Crippen LogP contribution in [0.25, 0.3) is 0 Å². The first-order chi connectivity index (χ1) is 11.7. The van der Waals surface area contributed by atoms with Crippen molar-refractivity contribution in [3.63, 3.8) is 0 Å². The molecule has 0 fully saturated rings. The first-order valence-corrected chi connectivity index (χ1v) is 7.48. The molecule has 25 heavy (non-hydrogen) atoms. The Kier molecular flexibility index (Phi) is 5.20. The number of nitrogens with zero attached hydrogens (tertiary/aromatic N) is 3. The van der Waals surface area contributed by atoms with Crippen LogP contribution in [0.4, 0.5) is 5.69 Å². The quantitative estimate of drug-likeness (QED) is 0.572. The van der Waals surface area contributed by atoms with Gasteiger partial charge in [0.2, 0.25) is 5.91 Å². The third-order valence-electron chi connectivity index (χ3n) is 3.74. The number of carboxylic acids is 1. The van der Waals surface area contributed by atoms with Gasteiger partial charge in [0.05, 0.1) is 18.0 Å². The number of nitrogens with one attached hydrogen (secondary N) is 1. The third-order valence-corrected chi connectivity index (χ3v) is 3.74. The van der Waals surface area contributed by atoms with E-state index in [-0.39, 0.29) is 42.4 Å². The number of nitro groups is 1. The zero-order chi connectivity index (χ0) is 18.7. The highest BCUT2D eigenvalue weighted by atomic mass is 16.6. The van der Waals surface area contributed by atoms with Gasteiger partial charge in [0.1, 0.15) is 28.5 Å². The summed E-state index contributed by atoms with van der Waals surface area (Å²) in [6.07, 6.45) is 0.0740. The normalized spacial score (nSPS) is 10.7. The van der Waals surface area contributed by atoms with Crippen molar-refractivity contribution in [3.05, 3.63) is 44.7 Å². The van der Waals surface area contributed by atoms with Crippen LogP contribution < -0.4 is 5.32 Å². The molecule has 0 spiro atoms. The molecule has 0 aliphatic rings. The Hall–Kier alpha value is -3.17. The molecular weight excluding hydrogens is 332 g/mol. The highest BCUT2D eigenvalue weighted by Crippen LogP contribution is 2.21. The standard InChI is InChI=1S/C15H18N4O6/c1-8-14(19(23)24)9(2)18(17-8)5-4-13(20)16-7-11-6-12(15(21)22)10(3)25-11/h6H,4-5,7H2,1-3H3,(H,16,20)(H,21,22). The van der Waals surface area contributed by atoms with Crippen LogP contribution in [0.15, 0.2) is 10.5 Å². The topological polar surface area (TPSA) is 140 Å². The van der Waals surface area contributed by atoms with Gasteiger partial charge in [0.25, 0.3) is 0 Å². The molecule has 0 aliphatic heterocycles. The molecule has 0 saturated carbocycles. The molecular formula is C15H18N4O6. The Labute approximate surface area is 142 Å². The van der Waals surface area contributed by atoms with Crippen LogP contribution in [-0.4, -0.2) is 31.7 Å². The van der Waals surface area contributed by atoms with Gasteiger partial charge in [-0.05, 0) is 26.8 Å². The number of hydrogen-bond donors (Lipinski definition) is 2. The predicted octanol–water partition coefficient (Wildman–Crippen LogP) is 1.71. The van der Waals surface area contributed by atoms with Gasteiger partial charge in [-0.25, -0.2) is 4.79 Å². The first kappa shape index (κ1) is 18.2.